The van der Waals surface area contributed by atoms with Gasteiger partial charge in [-0.2, -0.15) is 0 Å². The Hall–Kier alpha value is -3.00. The Kier molecular flexibility index (Phi) is 11.0. The second-order valence-corrected chi connectivity index (χ2v) is 4.79. The summed E-state index contributed by atoms with van der Waals surface area (Å²) in [5.74, 6) is 12.1. The van der Waals surface area contributed by atoms with Crippen molar-refractivity contribution in [3.63, 3.8) is 0 Å². The predicted molar refractivity (Wildman–Crippen MR) is 95.8 cm³/mol. The molecule has 0 bridgehead atoms. The molecule has 4 heteroatoms. The molecule has 2 N–H and O–H groups in total. The molecule has 1 aromatic carbocycles. The minimum Gasteiger partial charge on any atom is -0.412 e. The van der Waals surface area contributed by atoms with Crippen LogP contribution in [-0.4, -0.2) is 17.2 Å². The summed E-state index contributed by atoms with van der Waals surface area (Å²) in [5.41, 5.74) is 1.59. The van der Waals surface area contributed by atoms with Crippen molar-refractivity contribution >= 4 is 11.7 Å². The van der Waals surface area contributed by atoms with Gasteiger partial charge in [-0.3, -0.25) is 0 Å². The van der Waals surface area contributed by atoms with Crippen LogP contribution < -0.4 is 0 Å². The first-order valence-corrected chi connectivity index (χ1v) is 7.43. The smallest absolute Gasteiger partial charge is 0.338 e. The Morgan fingerprint density at radius 2 is 1.96 bits per heavy atom. The van der Waals surface area contributed by atoms with Crippen LogP contribution in [0.3, 0.4) is 0 Å². The summed E-state index contributed by atoms with van der Waals surface area (Å²) in [4.78, 5) is 17.1. The quantitative estimate of drug-likeness (QED) is 0.349. The molecule has 0 aromatic heterocycles. The minimum absolute atomic E-state index is 0. The monoisotopic (exact) mass is 323 g/mol. The van der Waals surface area contributed by atoms with Crippen molar-refractivity contribution in [2.75, 3.05) is 0 Å². The van der Waals surface area contributed by atoms with Gasteiger partial charge >= 0.3 is 5.97 Å². The zero-order valence-corrected chi connectivity index (χ0v) is 13.9. The van der Waals surface area contributed by atoms with Gasteiger partial charge in [0.15, 0.2) is 0 Å². The molecule has 1 unspecified atom stereocenters. The summed E-state index contributed by atoms with van der Waals surface area (Å²) in [6.07, 6.45) is 6.84. The maximum absolute atomic E-state index is 12.0. The maximum atomic E-state index is 12.0. The summed E-state index contributed by atoms with van der Waals surface area (Å²) in [6.45, 7) is 3.74. The van der Waals surface area contributed by atoms with E-state index >= 15 is 0 Å². The molecular weight excluding hydrogens is 302 g/mol. The molecular formula is C20H21NO3. The Bertz CT molecular complexity index is 706. The van der Waals surface area contributed by atoms with Crippen molar-refractivity contribution < 1.29 is 15.1 Å². The fraction of sp³-hybridized carbons (Fsp3) is 0.300. The zero-order chi connectivity index (χ0) is 16.9. The van der Waals surface area contributed by atoms with Crippen molar-refractivity contribution in [2.45, 2.75) is 33.1 Å². The molecule has 0 fully saturated rings. The van der Waals surface area contributed by atoms with E-state index in [-0.39, 0.29) is 17.4 Å². The van der Waals surface area contributed by atoms with Crippen LogP contribution in [0.4, 0.5) is 0 Å². The molecule has 0 saturated carbocycles. The summed E-state index contributed by atoms with van der Waals surface area (Å²) in [7, 11) is 0. The van der Waals surface area contributed by atoms with Crippen molar-refractivity contribution in [1.29, 1.82) is 0 Å². The first-order chi connectivity index (χ1) is 11.2. The second kappa shape index (κ2) is 12.5. The molecule has 0 aliphatic carbocycles. The summed E-state index contributed by atoms with van der Waals surface area (Å²) in [5, 5.41) is 3.92. The maximum Gasteiger partial charge on any atom is 0.338 e. The van der Waals surface area contributed by atoms with Gasteiger partial charge in [-0.25, -0.2) is 4.79 Å². The normalized spacial score (nSPS) is 10.6. The lowest BCUT2D eigenvalue weighted by Gasteiger charge is -2.09. The molecule has 1 atom stereocenters. The van der Waals surface area contributed by atoms with E-state index in [9.17, 15) is 4.79 Å². The molecule has 4 nitrogen and oxygen atoms in total. The molecule has 0 spiro atoms. The van der Waals surface area contributed by atoms with Gasteiger partial charge in [0.05, 0.1) is 11.6 Å². The highest BCUT2D eigenvalue weighted by atomic mass is 16.7. The lowest BCUT2D eigenvalue weighted by atomic mass is 10.0. The number of terminal acetylenes is 1. The van der Waals surface area contributed by atoms with E-state index in [1.54, 1.807) is 6.92 Å². The number of benzene rings is 1. The Morgan fingerprint density at radius 1 is 1.25 bits per heavy atom. The topological polar surface area (TPSA) is 70.2 Å². The van der Waals surface area contributed by atoms with E-state index in [4.69, 9.17) is 11.3 Å². The van der Waals surface area contributed by atoms with Gasteiger partial charge in [0.2, 0.25) is 0 Å². The predicted octanol–water partition coefficient (Wildman–Crippen LogP) is 2.58. The molecule has 0 radical (unpaired) electrons. The van der Waals surface area contributed by atoms with Gasteiger partial charge in [-0.15, -0.1) is 6.42 Å². The van der Waals surface area contributed by atoms with Gasteiger partial charge in [0.25, 0.3) is 0 Å². The van der Waals surface area contributed by atoms with Crippen LogP contribution in [0.1, 0.15) is 38.7 Å². The van der Waals surface area contributed by atoms with Gasteiger partial charge in [-0.1, -0.05) is 48.3 Å². The molecule has 0 saturated heterocycles. The number of oxime groups is 1. The highest BCUT2D eigenvalue weighted by Crippen LogP contribution is 2.13. The van der Waals surface area contributed by atoms with E-state index in [0.717, 1.165) is 5.56 Å². The van der Waals surface area contributed by atoms with Crippen molar-refractivity contribution in [3.05, 3.63) is 35.9 Å². The third-order valence-electron chi connectivity index (χ3n) is 3.19. The fourth-order valence-corrected chi connectivity index (χ4v) is 1.83. The number of rotatable bonds is 6. The van der Waals surface area contributed by atoms with Crippen LogP contribution in [0.25, 0.3) is 0 Å². The van der Waals surface area contributed by atoms with Crippen LogP contribution in [-0.2, 0) is 9.63 Å². The van der Waals surface area contributed by atoms with Crippen molar-refractivity contribution in [2.24, 2.45) is 11.1 Å². The third kappa shape index (κ3) is 7.85. The van der Waals surface area contributed by atoms with Crippen LogP contribution in [0.15, 0.2) is 35.5 Å². The number of hydrogen-bond acceptors (Lipinski definition) is 3. The van der Waals surface area contributed by atoms with Crippen molar-refractivity contribution in [1.82, 2.24) is 0 Å². The minimum atomic E-state index is -0.334. The molecule has 124 valence electrons. The largest absolute Gasteiger partial charge is 0.412 e. The molecule has 24 heavy (non-hydrogen) atoms. The van der Waals surface area contributed by atoms with Gasteiger partial charge < -0.3 is 10.3 Å². The second-order valence-electron chi connectivity index (χ2n) is 4.79. The number of nitrogens with zero attached hydrogens (tertiary/aromatic N) is 1. The van der Waals surface area contributed by atoms with E-state index in [0.29, 0.717) is 25.0 Å². The third-order valence-corrected chi connectivity index (χ3v) is 3.19. The lowest BCUT2D eigenvalue weighted by molar-refractivity contribution is -0.148. The van der Waals surface area contributed by atoms with Gasteiger partial charge in [0, 0.05) is 6.42 Å². The van der Waals surface area contributed by atoms with Crippen LogP contribution >= 0.6 is 0 Å². The first kappa shape index (κ1) is 21.0. The average molecular weight is 323 g/mol. The first-order valence-electron chi connectivity index (χ1n) is 7.43. The van der Waals surface area contributed by atoms with E-state index < -0.39 is 0 Å². The van der Waals surface area contributed by atoms with Gasteiger partial charge in [0.1, 0.15) is 0 Å². The number of carbonyl (C=O) groups excluding carboxylic acids is 1. The summed E-state index contributed by atoms with van der Waals surface area (Å²) < 4.78 is 0. The standard InChI is InChI=1S/C20H19NO2.H2O/c1-4-6-7-8-9-11-14-18(5-2)20(22)23-21-17(3)19-15-12-10-13-16-19;/h1,10,12-13,15-16,18H,5,11,14H2,2-3H3;1H2. The van der Waals surface area contributed by atoms with Crippen LogP contribution in [0, 0.1) is 41.9 Å². The molecule has 0 aliphatic heterocycles. The Labute approximate surface area is 143 Å². The Morgan fingerprint density at radius 3 is 2.58 bits per heavy atom. The molecule has 1 aromatic rings. The molecule has 1 rings (SSSR count). The number of hydrogen-bond donors (Lipinski definition) is 0. The molecule has 0 heterocycles. The van der Waals surface area contributed by atoms with Gasteiger partial charge in [-0.05, 0) is 49.0 Å². The molecule has 0 aliphatic rings. The Balaban J connectivity index is 0.00000529. The van der Waals surface area contributed by atoms with Crippen LogP contribution in [0.5, 0.6) is 0 Å². The van der Waals surface area contributed by atoms with Crippen molar-refractivity contribution in [3.8, 4) is 36.0 Å². The summed E-state index contributed by atoms with van der Waals surface area (Å²) in [6, 6.07) is 9.57. The zero-order valence-electron chi connectivity index (χ0n) is 13.9. The highest BCUT2D eigenvalue weighted by Gasteiger charge is 2.17. The summed E-state index contributed by atoms with van der Waals surface area (Å²) >= 11 is 0. The highest BCUT2D eigenvalue weighted by molar-refractivity contribution is 5.98. The fourth-order valence-electron chi connectivity index (χ4n) is 1.83. The lowest BCUT2D eigenvalue weighted by Crippen LogP contribution is -2.15. The van der Waals surface area contributed by atoms with Crippen LogP contribution in [0.2, 0.25) is 0 Å². The van der Waals surface area contributed by atoms with E-state index in [2.05, 4.69) is 34.8 Å². The molecule has 0 amide bonds. The van der Waals surface area contributed by atoms with E-state index in [1.165, 1.54) is 0 Å². The SMILES string of the molecule is C#CC#CC#CCCC(CC)C(=O)ON=C(C)c1ccccc1.O. The average Bonchev–Trinajstić information content (AvgIpc) is 2.59. The van der Waals surface area contributed by atoms with E-state index in [1.807, 2.05) is 37.3 Å². The number of carbonyl (C=O) groups is 1.